The third-order valence-electron chi connectivity index (χ3n) is 4.06. The summed E-state index contributed by atoms with van der Waals surface area (Å²) in [4.78, 5) is 14.3. The van der Waals surface area contributed by atoms with Crippen molar-refractivity contribution in [1.82, 2.24) is 10.2 Å². The molecule has 0 aliphatic carbocycles. The number of amides is 1. The summed E-state index contributed by atoms with van der Waals surface area (Å²) in [5.41, 5.74) is 0.800. The average molecular weight is 278 g/mol. The molecule has 2 aliphatic rings. The van der Waals surface area contributed by atoms with Crippen LogP contribution in [0.5, 0.6) is 0 Å². The third kappa shape index (κ3) is 2.43. The van der Waals surface area contributed by atoms with Crippen LogP contribution in [0, 0.1) is 5.82 Å². The van der Waals surface area contributed by atoms with Crippen molar-refractivity contribution in [2.45, 2.75) is 38.0 Å². The second-order valence-corrected chi connectivity index (χ2v) is 5.43. The van der Waals surface area contributed by atoms with Crippen molar-refractivity contribution in [3.05, 3.63) is 35.6 Å². The zero-order valence-corrected chi connectivity index (χ0v) is 11.5. The maximum Gasteiger partial charge on any atom is 0.241 e. The summed E-state index contributed by atoms with van der Waals surface area (Å²) in [6.07, 6.45) is 1.44. The van der Waals surface area contributed by atoms with Gasteiger partial charge in [-0.1, -0.05) is 12.1 Å². The molecule has 2 unspecified atom stereocenters. The number of hydrogen-bond acceptors (Lipinski definition) is 3. The molecule has 0 aromatic heterocycles. The van der Waals surface area contributed by atoms with Crippen LogP contribution in [0.15, 0.2) is 24.3 Å². The molecule has 0 saturated carbocycles. The summed E-state index contributed by atoms with van der Waals surface area (Å²) in [5.74, 6) is -0.186. The van der Waals surface area contributed by atoms with Crippen molar-refractivity contribution in [1.29, 1.82) is 0 Å². The van der Waals surface area contributed by atoms with Crippen molar-refractivity contribution in [2.24, 2.45) is 0 Å². The molecule has 2 aliphatic heterocycles. The Kier molecular flexibility index (Phi) is 3.72. The molecule has 2 saturated heterocycles. The Balaban J connectivity index is 1.89. The second-order valence-electron chi connectivity index (χ2n) is 5.43. The maximum atomic E-state index is 13.4. The Morgan fingerprint density at radius 3 is 2.80 bits per heavy atom. The van der Waals surface area contributed by atoms with Gasteiger partial charge in [0.1, 0.15) is 12.0 Å². The fraction of sp³-hybridized carbons (Fsp3) is 0.533. The lowest BCUT2D eigenvalue weighted by atomic mass is 10.0. The van der Waals surface area contributed by atoms with E-state index < -0.39 is 0 Å². The van der Waals surface area contributed by atoms with Gasteiger partial charge in [0, 0.05) is 19.3 Å². The minimum atomic E-state index is -0.275. The zero-order valence-electron chi connectivity index (χ0n) is 11.5. The van der Waals surface area contributed by atoms with E-state index in [2.05, 4.69) is 5.32 Å². The van der Waals surface area contributed by atoms with E-state index in [1.165, 1.54) is 12.1 Å². The van der Waals surface area contributed by atoms with Crippen LogP contribution in [-0.4, -0.2) is 36.1 Å². The van der Waals surface area contributed by atoms with Gasteiger partial charge in [0.25, 0.3) is 0 Å². The molecule has 2 heterocycles. The highest BCUT2D eigenvalue weighted by Crippen LogP contribution is 2.31. The van der Waals surface area contributed by atoms with Crippen LogP contribution in [0.3, 0.4) is 0 Å². The molecule has 0 bridgehead atoms. The standard InChI is InChI=1S/C15H19FN2O2/c1-10-15(19)18(13-5-7-20-8-6-13)14(17-10)11-3-2-4-12(16)9-11/h2-4,9-10,13-14,17H,5-8H2,1H3. The molecule has 3 rings (SSSR count). The molecule has 1 aromatic rings. The lowest BCUT2D eigenvalue weighted by molar-refractivity contribution is -0.134. The van der Waals surface area contributed by atoms with Gasteiger partial charge in [-0.05, 0) is 37.5 Å². The van der Waals surface area contributed by atoms with Crippen LogP contribution in [0.4, 0.5) is 4.39 Å². The van der Waals surface area contributed by atoms with Gasteiger partial charge in [0.2, 0.25) is 5.91 Å². The Labute approximate surface area is 117 Å². The minimum absolute atomic E-state index is 0.0890. The van der Waals surface area contributed by atoms with E-state index in [9.17, 15) is 9.18 Å². The number of nitrogens with one attached hydrogen (secondary N) is 1. The van der Waals surface area contributed by atoms with Gasteiger partial charge in [0.15, 0.2) is 0 Å². The number of ether oxygens (including phenoxy) is 1. The van der Waals surface area contributed by atoms with Crippen LogP contribution < -0.4 is 5.32 Å². The summed E-state index contributed by atoms with van der Waals surface area (Å²) in [6, 6.07) is 6.39. The number of halogens is 1. The highest BCUT2D eigenvalue weighted by molar-refractivity contribution is 5.84. The van der Waals surface area contributed by atoms with Gasteiger partial charge in [0.05, 0.1) is 6.04 Å². The number of nitrogens with zero attached hydrogens (tertiary/aromatic N) is 1. The molecule has 1 N–H and O–H groups in total. The van der Waals surface area contributed by atoms with Crippen LogP contribution in [0.1, 0.15) is 31.5 Å². The number of carbonyl (C=O) groups is 1. The van der Waals surface area contributed by atoms with Crippen molar-refractivity contribution >= 4 is 5.91 Å². The lowest BCUT2D eigenvalue weighted by Gasteiger charge is -2.35. The highest BCUT2D eigenvalue weighted by atomic mass is 19.1. The van der Waals surface area contributed by atoms with E-state index in [1.807, 2.05) is 17.9 Å². The van der Waals surface area contributed by atoms with Gasteiger partial charge in [-0.25, -0.2) is 4.39 Å². The molecule has 0 radical (unpaired) electrons. The molecule has 0 spiro atoms. The topological polar surface area (TPSA) is 41.6 Å². The monoisotopic (exact) mass is 278 g/mol. The van der Waals surface area contributed by atoms with Crippen molar-refractivity contribution in [3.63, 3.8) is 0 Å². The fourth-order valence-corrected chi connectivity index (χ4v) is 3.03. The molecule has 1 aromatic carbocycles. The van der Waals surface area contributed by atoms with E-state index in [1.54, 1.807) is 6.07 Å². The van der Waals surface area contributed by atoms with E-state index in [0.717, 1.165) is 18.4 Å². The zero-order chi connectivity index (χ0) is 14.1. The van der Waals surface area contributed by atoms with Gasteiger partial charge in [-0.15, -0.1) is 0 Å². The van der Waals surface area contributed by atoms with Crippen LogP contribution in [0.2, 0.25) is 0 Å². The van der Waals surface area contributed by atoms with Crippen molar-refractivity contribution < 1.29 is 13.9 Å². The number of hydrogen-bond donors (Lipinski definition) is 1. The van der Waals surface area contributed by atoms with Crippen LogP contribution >= 0.6 is 0 Å². The predicted molar refractivity (Wildman–Crippen MR) is 72.4 cm³/mol. The summed E-state index contributed by atoms with van der Waals surface area (Å²) in [5, 5.41) is 3.26. The Bertz CT molecular complexity index is 502. The SMILES string of the molecule is CC1NC(c2cccc(F)c2)N(C2CCOCC2)C1=O. The average Bonchev–Trinajstić information content (AvgIpc) is 2.76. The van der Waals surface area contributed by atoms with E-state index in [-0.39, 0.29) is 30.0 Å². The number of carbonyl (C=O) groups excluding carboxylic acids is 1. The minimum Gasteiger partial charge on any atom is -0.381 e. The first kappa shape index (κ1) is 13.5. The first-order valence-electron chi connectivity index (χ1n) is 7.08. The maximum absolute atomic E-state index is 13.4. The third-order valence-corrected chi connectivity index (χ3v) is 4.06. The van der Waals surface area contributed by atoms with E-state index >= 15 is 0 Å². The molecule has 2 atom stereocenters. The molecular weight excluding hydrogens is 259 g/mol. The highest BCUT2D eigenvalue weighted by Gasteiger charge is 2.41. The van der Waals surface area contributed by atoms with E-state index in [4.69, 9.17) is 4.74 Å². The van der Waals surface area contributed by atoms with E-state index in [0.29, 0.717) is 13.2 Å². The summed E-state index contributed by atoms with van der Waals surface area (Å²) < 4.78 is 18.8. The Morgan fingerprint density at radius 1 is 1.35 bits per heavy atom. The first-order chi connectivity index (χ1) is 9.66. The van der Waals surface area contributed by atoms with Crippen molar-refractivity contribution in [2.75, 3.05) is 13.2 Å². The molecule has 1 amide bonds. The van der Waals surface area contributed by atoms with Gasteiger partial charge in [-0.3, -0.25) is 10.1 Å². The lowest BCUT2D eigenvalue weighted by Crippen LogP contribution is -2.43. The van der Waals surface area contributed by atoms with Gasteiger partial charge < -0.3 is 9.64 Å². The molecule has 20 heavy (non-hydrogen) atoms. The molecule has 5 heteroatoms. The molecular formula is C15H19FN2O2. The predicted octanol–water partition coefficient (Wildman–Crippen LogP) is 1.82. The molecule has 4 nitrogen and oxygen atoms in total. The van der Waals surface area contributed by atoms with Gasteiger partial charge in [-0.2, -0.15) is 0 Å². The number of rotatable bonds is 2. The quantitative estimate of drug-likeness (QED) is 0.897. The summed E-state index contributed by atoms with van der Waals surface area (Å²) >= 11 is 0. The van der Waals surface area contributed by atoms with Crippen molar-refractivity contribution in [3.8, 4) is 0 Å². The smallest absolute Gasteiger partial charge is 0.241 e. The second kappa shape index (κ2) is 5.50. The first-order valence-corrected chi connectivity index (χ1v) is 7.08. The largest absolute Gasteiger partial charge is 0.381 e. The fourth-order valence-electron chi connectivity index (χ4n) is 3.03. The van der Waals surface area contributed by atoms with Crippen LogP contribution in [0.25, 0.3) is 0 Å². The van der Waals surface area contributed by atoms with Gasteiger partial charge >= 0.3 is 0 Å². The normalized spacial score (nSPS) is 28.1. The van der Waals surface area contributed by atoms with Crippen LogP contribution in [-0.2, 0) is 9.53 Å². The number of benzene rings is 1. The molecule has 108 valence electrons. The molecule has 2 fully saturated rings. The Morgan fingerprint density at radius 2 is 2.10 bits per heavy atom. The summed E-state index contributed by atoms with van der Waals surface area (Å²) in [6.45, 7) is 3.21. The summed E-state index contributed by atoms with van der Waals surface area (Å²) in [7, 11) is 0. The Hall–Kier alpha value is -1.46.